The highest BCUT2D eigenvalue weighted by Crippen LogP contribution is 2.29. The Morgan fingerprint density at radius 2 is 2.00 bits per heavy atom. The van der Waals surface area contributed by atoms with Gasteiger partial charge in [0.05, 0.1) is 13.1 Å². The quantitative estimate of drug-likeness (QED) is 0.237. The van der Waals surface area contributed by atoms with Gasteiger partial charge >= 0.3 is 6.18 Å². The van der Waals surface area contributed by atoms with Crippen molar-refractivity contribution in [2.45, 2.75) is 46.5 Å². The summed E-state index contributed by atoms with van der Waals surface area (Å²) in [6.07, 6.45) is -3.68. The molecule has 0 radical (unpaired) electrons. The third-order valence-corrected chi connectivity index (χ3v) is 5.12. The maximum atomic E-state index is 12.7. The first kappa shape index (κ1) is 27.1. The average Bonchev–Trinajstić information content (AvgIpc) is 3.19. The lowest BCUT2D eigenvalue weighted by Crippen LogP contribution is -2.36. The van der Waals surface area contributed by atoms with Crippen LogP contribution in [-0.4, -0.2) is 23.4 Å². The van der Waals surface area contributed by atoms with Gasteiger partial charge in [0.25, 0.3) is 0 Å². The second-order valence-electron chi connectivity index (χ2n) is 6.67. The highest BCUT2D eigenvalue weighted by molar-refractivity contribution is 14.0. The van der Waals surface area contributed by atoms with Gasteiger partial charge in [-0.05, 0) is 31.0 Å². The number of anilines is 1. The molecule has 1 heterocycles. The van der Waals surface area contributed by atoms with Crippen LogP contribution in [0, 0.1) is 5.92 Å². The van der Waals surface area contributed by atoms with Gasteiger partial charge in [-0.2, -0.15) is 13.2 Å². The number of nitrogens with one attached hydrogen (secondary N) is 3. The van der Waals surface area contributed by atoms with Crippen LogP contribution in [0.5, 0.6) is 0 Å². The molecule has 0 saturated carbocycles. The van der Waals surface area contributed by atoms with Gasteiger partial charge < -0.3 is 16.0 Å². The van der Waals surface area contributed by atoms with Crippen LogP contribution in [0.1, 0.15) is 43.5 Å². The highest BCUT2D eigenvalue weighted by Gasteiger charge is 2.33. The molecule has 0 fully saturated rings. The van der Waals surface area contributed by atoms with Gasteiger partial charge in [0.15, 0.2) is 11.7 Å². The molecule has 1 amide bonds. The number of thiazole rings is 1. The van der Waals surface area contributed by atoms with Crippen LogP contribution >= 0.6 is 35.3 Å². The van der Waals surface area contributed by atoms with E-state index in [4.69, 9.17) is 0 Å². The molecule has 3 N–H and O–H groups in total. The van der Waals surface area contributed by atoms with Crippen LogP contribution in [-0.2, 0) is 24.1 Å². The number of rotatable bonds is 8. The number of amides is 1. The lowest BCUT2D eigenvalue weighted by molar-refractivity contribution is -0.140. The van der Waals surface area contributed by atoms with E-state index in [-0.39, 0.29) is 42.3 Å². The topological polar surface area (TPSA) is 78.4 Å². The Labute approximate surface area is 201 Å². The van der Waals surface area contributed by atoms with Gasteiger partial charge in [-0.25, -0.2) is 9.98 Å². The zero-order valence-corrected chi connectivity index (χ0v) is 20.7. The Balaban J connectivity index is 0.00000480. The lowest BCUT2D eigenvalue weighted by atomic mass is 10.1. The predicted octanol–water partition coefficient (Wildman–Crippen LogP) is 5.02. The molecule has 1 unspecified atom stereocenters. The van der Waals surface area contributed by atoms with E-state index in [9.17, 15) is 18.0 Å². The van der Waals surface area contributed by atoms with Gasteiger partial charge in [-0.15, -0.1) is 35.3 Å². The van der Waals surface area contributed by atoms with Gasteiger partial charge in [-0.3, -0.25) is 4.79 Å². The van der Waals surface area contributed by atoms with Crippen LogP contribution in [0.4, 0.5) is 18.9 Å². The fourth-order valence-corrected chi connectivity index (χ4v) is 3.13. The summed E-state index contributed by atoms with van der Waals surface area (Å²) in [5.74, 6) is 0.366. The summed E-state index contributed by atoms with van der Waals surface area (Å²) in [5.41, 5.74) is 0.707. The zero-order valence-electron chi connectivity index (χ0n) is 17.5. The smallest absolute Gasteiger partial charge is 0.357 e. The molecule has 0 aliphatic rings. The van der Waals surface area contributed by atoms with Crippen molar-refractivity contribution >= 4 is 52.9 Å². The minimum Gasteiger partial charge on any atom is -0.357 e. The number of aromatic nitrogens is 1. The van der Waals surface area contributed by atoms with Crippen molar-refractivity contribution in [3.8, 4) is 0 Å². The number of hydrogen-bond donors (Lipinski definition) is 3. The Morgan fingerprint density at radius 3 is 2.61 bits per heavy atom. The summed E-state index contributed by atoms with van der Waals surface area (Å²) in [6, 6.07) is 7.40. The van der Waals surface area contributed by atoms with Crippen LogP contribution in [0.25, 0.3) is 0 Å². The second-order valence-corrected chi connectivity index (χ2v) is 7.61. The lowest BCUT2D eigenvalue weighted by Gasteiger charge is -2.12. The van der Waals surface area contributed by atoms with Crippen LogP contribution in [0.2, 0.25) is 0 Å². The standard InChI is InChI=1S/C20H26F3N5OS.HI/c1-4-13(3)18(29)27-15-8-6-7-14(9-15)10-25-19(24-5-2)26-11-17-28-16(12-30-17)20(21,22)23;/h6-9,12-13H,4-5,10-11H2,1-3H3,(H,27,29)(H2,24,25,26);1H. The molecule has 2 aromatic rings. The van der Waals surface area contributed by atoms with E-state index in [1.165, 1.54) is 0 Å². The molecule has 6 nitrogen and oxygen atoms in total. The molecular formula is C20H27F3IN5OS. The Bertz CT molecular complexity index is 872. The zero-order chi connectivity index (χ0) is 22.1. The number of carbonyl (C=O) groups excluding carboxylic acids is 1. The van der Waals surface area contributed by atoms with Crippen LogP contribution in [0.15, 0.2) is 34.6 Å². The van der Waals surface area contributed by atoms with E-state index >= 15 is 0 Å². The summed E-state index contributed by atoms with van der Waals surface area (Å²) in [4.78, 5) is 20.1. The first-order valence-corrected chi connectivity index (χ1v) is 10.5. The van der Waals surface area contributed by atoms with E-state index in [1.54, 1.807) is 0 Å². The number of guanidine groups is 1. The molecule has 31 heavy (non-hydrogen) atoms. The SMILES string of the molecule is CCNC(=NCc1cccc(NC(=O)C(C)CC)c1)NCc1nc(C(F)(F)F)cs1.I. The summed E-state index contributed by atoms with van der Waals surface area (Å²) in [7, 11) is 0. The molecule has 0 aliphatic carbocycles. The molecule has 172 valence electrons. The number of benzene rings is 1. The third kappa shape index (κ3) is 9.01. The molecule has 1 aromatic heterocycles. The summed E-state index contributed by atoms with van der Waals surface area (Å²) >= 11 is 0.946. The summed E-state index contributed by atoms with van der Waals surface area (Å²) in [5, 5.41) is 10.3. The van der Waals surface area contributed by atoms with Crippen LogP contribution in [0.3, 0.4) is 0 Å². The highest BCUT2D eigenvalue weighted by atomic mass is 127. The van der Waals surface area contributed by atoms with E-state index in [0.717, 1.165) is 28.7 Å². The van der Waals surface area contributed by atoms with Crippen molar-refractivity contribution in [3.05, 3.63) is 45.9 Å². The third-order valence-electron chi connectivity index (χ3n) is 4.27. The van der Waals surface area contributed by atoms with E-state index in [1.807, 2.05) is 45.0 Å². The molecule has 0 saturated heterocycles. The van der Waals surface area contributed by atoms with Gasteiger partial charge in [0, 0.05) is 23.5 Å². The van der Waals surface area contributed by atoms with Crippen molar-refractivity contribution in [3.63, 3.8) is 0 Å². The Hall–Kier alpha value is -1.89. The molecule has 2 rings (SSSR count). The minimum atomic E-state index is -4.44. The molecule has 11 heteroatoms. The maximum Gasteiger partial charge on any atom is 0.434 e. The molecule has 0 aliphatic heterocycles. The van der Waals surface area contributed by atoms with Crippen molar-refractivity contribution in [1.29, 1.82) is 0 Å². The number of nitrogens with zero attached hydrogens (tertiary/aromatic N) is 2. The van der Waals surface area contributed by atoms with Crippen molar-refractivity contribution < 1.29 is 18.0 Å². The normalized spacial score (nSPS) is 12.6. The fraction of sp³-hybridized carbons (Fsp3) is 0.450. The van der Waals surface area contributed by atoms with Gasteiger partial charge in [-0.1, -0.05) is 26.0 Å². The minimum absolute atomic E-state index is 0. The fourth-order valence-electron chi connectivity index (χ4n) is 2.39. The number of alkyl halides is 3. The average molecular weight is 569 g/mol. The van der Waals surface area contributed by atoms with Crippen molar-refractivity contribution in [1.82, 2.24) is 15.6 Å². The van der Waals surface area contributed by atoms with Crippen molar-refractivity contribution in [2.75, 3.05) is 11.9 Å². The largest absolute Gasteiger partial charge is 0.434 e. The number of hydrogen-bond acceptors (Lipinski definition) is 4. The van der Waals surface area contributed by atoms with Crippen molar-refractivity contribution in [2.24, 2.45) is 10.9 Å². The monoisotopic (exact) mass is 569 g/mol. The number of aliphatic imine (C=N–C) groups is 1. The molecule has 0 bridgehead atoms. The summed E-state index contributed by atoms with van der Waals surface area (Å²) < 4.78 is 38.0. The predicted molar refractivity (Wildman–Crippen MR) is 129 cm³/mol. The first-order valence-electron chi connectivity index (χ1n) is 9.66. The maximum absolute atomic E-state index is 12.7. The molecule has 0 spiro atoms. The first-order chi connectivity index (χ1) is 14.2. The van der Waals surface area contributed by atoms with E-state index in [0.29, 0.717) is 29.7 Å². The Kier molecular flexibility index (Phi) is 11.2. The summed E-state index contributed by atoms with van der Waals surface area (Å²) in [6.45, 7) is 6.81. The second kappa shape index (κ2) is 12.8. The Morgan fingerprint density at radius 1 is 1.26 bits per heavy atom. The van der Waals surface area contributed by atoms with Crippen LogP contribution < -0.4 is 16.0 Å². The number of halogens is 4. The van der Waals surface area contributed by atoms with E-state index in [2.05, 4.69) is 25.9 Å². The number of carbonyl (C=O) groups is 1. The van der Waals surface area contributed by atoms with Gasteiger partial charge in [0.1, 0.15) is 5.01 Å². The van der Waals surface area contributed by atoms with E-state index < -0.39 is 11.9 Å². The molecular weight excluding hydrogens is 542 g/mol. The molecule has 1 aromatic carbocycles. The van der Waals surface area contributed by atoms with Gasteiger partial charge in [0.2, 0.25) is 5.91 Å². The molecule has 1 atom stereocenters.